The molecule has 0 spiro atoms. The number of aliphatic imine (C=N–C) groups is 2. The van der Waals surface area contributed by atoms with Gasteiger partial charge in [-0.15, -0.1) is 0 Å². The van der Waals surface area contributed by atoms with Gasteiger partial charge in [0.25, 0.3) is 0 Å². The van der Waals surface area contributed by atoms with Gasteiger partial charge in [-0.25, -0.2) is 4.99 Å². The maximum Gasteiger partial charge on any atom is 0.218 e. The average Bonchev–Trinajstić information content (AvgIpc) is 2.53. The van der Waals surface area contributed by atoms with Crippen LogP contribution in [0.15, 0.2) is 26.8 Å². The second-order valence-corrected chi connectivity index (χ2v) is 3.99. The van der Waals surface area contributed by atoms with Crippen molar-refractivity contribution in [2.24, 2.45) is 27.2 Å². The monoisotopic (exact) mass is 225 g/mol. The lowest BCUT2D eigenvalue weighted by Crippen LogP contribution is -2.27. The van der Waals surface area contributed by atoms with Gasteiger partial charge in [-0.3, -0.25) is 0 Å². The van der Waals surface area contributed by atoms with E-state index in [2.05, 4.69) is 21.4 Å². The third-order valence-corrected chi connectivity index (χ3v) is 2.44. The summed E-state index contributed by atoms with van der Waals surface area (Å²) in [5.41, 5.74) is 17.1. The highest BCUT2D eigenvalue weighted by Crippen LogP contribution is 2.09. The Morgan fingerprint density at radius 1 is 1.47 bits per heavy atom. The van der Waals surface area contributed by atoms with Crippen LogP contribution in [0, 0.1) is 0 Å². The molecule has 0 aromatic carbocycles. The predicted octanol–water partition coefficient (Wildman–Crippen LogP) is 0.267. The molecule has 0 amide bonds. The van der Waals surface area contributed by atoms with Crippen molar-refractivity contribution in [3.63, 3.8) is 0 Å². The van der Waals surface area contributed by atoms with Gasteiger partial charge in [-0.2, -0.15) is 16.3 Å². The molecular weight excluding hydrogens is 210 g/mol. The second kappa shape index (κ2) is 5.35. The van der Waals surface area contributed by atoms with Crippen LogP contribution in [0.25, 0.3) is 0 Å². The van der Waals surface area contributed by atoms with Crippen LogP contribution in [0.1, 0.15) is 12.5 Å². The van der Waals surface area contributed by atoms with E-state index in [9.17, 15) is 0 Å². The van der Waals surface area contributed by atoms with E-state index in [0.717, 1.165) is 6.42 Å². The Labute approximate surface area is 92.7 Å². The van der Waals surface area contributed by atoms with E-state index in [1.54, 1.807) is 11.3 Å². The lowest BCUT2D eigenvalue weighted by Gasteiger charge is -2.04. The lowest BCUT2D eigenvalue weighted by molar-refractivity contribution is 0.739. The van der Waals surface area contributed by atoms with Crippen LogP contribution in [-0.4, -0.2) is 18.0 Å². The Hall–Kier alpha value is -1.56. The molecule has 6 N–H and O–H groups in total. The van der Waals surface area contributed by atoms with Crippen molar-refractivity contribution in [3.05, 3.63) is 22.4 Å². The highest BCUT2D eigenvalue weighted by Gasteiger charge is 2.02. The van der Waals surface area contributed by atoms with Crippen LogP contribution in [-0.2, 0) is 6.42 Å². The van der Waals surface area contributed by atoms with Gasteiger partial charge >= 0.3 is 0 Å². The van der Waals surface area contributed by atoms with Crippen LogP contribution < -0.4 is 17.2 Å². The molecule has 0 aliphatic carbocycles. The molecule has 0 saturated heterocycles. The zero-order chi connectivity index (χ0) is 11.3. The van der Waals surface area contributed by atoms with E-state index >= 15 is 0 Å². The topological polar surface area (TPSA) is 103 Å². The van der Waals surface area contributed by atoms with E-state index < -0.39 is 0 Å². The molecular formula is C9H15N5S. The van der Waals surface area contributed by atoms with Crippen molar-refractivity contribution in [3.8, 4) is 0 Å². The molecule has 0 saturated carbocycles. The summed E-state index contributed by atoms with van der Waals surface area (Å²) in [6.07, 6.45) is 0.837. The molecule has 82 valence electrons. The number of guanidine groups is 2. The molecule has 0 bridgehead atoms. The molecule has 1 aromatic rings. The fourth-order valence-electron chi connectivity index (χ4n) is 1.18. The van der Waals surface area contributed by atoms with Crippen LogP contribution in [0.2, 0.25) is 0 Å². The number of nitrogens with zero attached hydrogens (tertiary/aromatic N) is 2. The van der Waals surface area contributed by atoms with Crippen molar-refractivity contribution in [1.29, 1.82) is 0 Å². The molecule has 1 rings (SSSR count). The molecule has 1 heterocycles. The van der Waals surface area contributed by atoms with Gasteiger partial charge in [0.1, 0.15) is 0 Å². The molecule has 5 nitrogen and oxygen atoms in total. The summed E-state index contributed by atoms with van der Waals surface area (Å²) in [5.74, 6) is 0.0525. The minimum absolute atomic E-state index is 0.0704. The molecule has 1 unspecified atom stereocenters. The Kier molecular flexibility index (Phi) is 4.11. The first kappa shape index (κ1) is 11.5. The first-order valence-corrected chi connectivity index (χ1v) is 5.46. The van der Waals surface area contributed by atoms with Crippen LogP contribution in [0.4, 0.5) is 0 Å². The number of hydrogen-bond donors (Lipinski definition) is 3. The van der Waals surface area contributed by atoms with Crippen LogP contribution in [0.5, 0.6) is 0 Å². The summed E-state index contributed by atoms with van der Waals surface area (Å²) in [5, 5.41) is 4.12. The first-order valence-electron chi connectivity index (χ1n) is 4.52. The number of thiophene rings is 1. The van der Waals surface area contributed by atoms with E-state index in [1.807, 2.05) is 12.3 Å². The van der Waals surface area contributed by atoms with Crippen LogP contribution in [0.3, 0.4) is 0 Å². The van der Waals surface area contributed by atoms with Crippen LogP contribution >= 0.6 is 11.3 Å². The first-order chi connectivity index (χ1) is 7.08. The predicted molar refractivity (Wildman–Crippen MR) is 64.9 cm³/mol. The Morgan fingerprint density at radius 2 is 2.20 bits per heavy atom. The average molecular weight is 225 g/mol. The van der Waals surface area contributed by atoms with Gasteiger partial charge < -0.3 is 17.2 Å². The van der Waals surface area contributed by atoms with Gasteiger partial charge in [0.05, 0.1) is 6.04 Å². The molecule has 0 radical (unpaired) electrons. The molecule has 0 aliphatic rings. The third kappa shape index (κ3) is 4.46. The van der Waals surface area contributed by atoms with Crippen molar-refractivity contribution in [2.75, 3.05) is 0 Å². The molecule has 6 heteroatoms. The largest absolute Gasteiger partial charge is 0.370 e. The number of nitrogens with two attached hydrogens (primary N) is 3. The highest BCUT2D eigenvalue weighted by atomic mass is 32.1. The van der Waals surface area contributed by atoms with Gasteiger partial charge in [0.2, 0.25) is 5.96 Å². The van der Waals surface area contributed by atoms with Gasteiger partial charge in [0, 0.05) is 0 Å². The molecule has 1 atom stereocenters. The molecule has 15 heavy (non-hydrogen) atoms. The minimum Gasteiger partial charge on any atom is -0.370 e. The van der Waals surface area contributed by atoms with Gasteiger partial charge in [-0.1, -0.05) is 0 Å². The van der Waals surface area contributed by atoms with E-state index in [1.165, 1.54) is 5.56 Å². The summed E-state index contributed by atoms with van der Waals surface area (Å²) in [7, 11) is 0. The summed E-state index contributed by atoms with van der Waals surface area (Å²) in [6.45, 7) is 1.97. The van der Waals surface area contributed by atoms with E-state index in [4.69, 9.17) is 17.2 Å². The summed E-state index contributed by atoms with van der Waals surface area (Å²) in [4.78, 5) is 7.79. The van der Waals surface area contributed by atoms with Crippen molar-refractivity contribution in [1.82, 2.24) is 0 Å². The second-order valence-electron chi connectivity index (χ2n) is 3.21. The van der Waals surface area contributed by atoms with Crippen molar-refractivity contribution >= 4 is 23.3 Å². The van der Waals surface area contributed by atoms with Crippen molar-refractivity contribution < 1.29 is 0 Å². The maximum absolute atomic E-state index is 5.51. The molecule has 1 aromatic heterocycles. The van der Waals surface area contributed by atoms with Gasteiger partial charge in [-0.05, 0) is 35.7 Å². The molecule has 0 fully saturated rings. The van der Waals surface area contributed by atoms with E-state index in [0.29, 0.717) is 0 Å². The number of rotatable bonds is 3. The van der Waals surface area contributed by atoms with Crippen molar-refractivity contribution in [2.45, 2.75) is 19.4 Å². The Bertz CT molecular complexity index is 351. The quantitative estimate of drug-likeness (QED) is 0.508. The fourth-order valence-corrected chi connectivity index (χ4v) is 1.86. The number of hydrogen-bond acceptors (Lipinski definition) is 2. The lowest BCUT2D eigenvalue weighted by atomic mass is 10.1. The zero-order valence-corrected chi connectivity index (χ0v) is 9.37. The Morgan fingerprint density at radius 3 is 2.73 bits per heavy atom. The third-order valence-electron chi connectivity index (χ3n) is 1.71. The fraction of sp³-hybridized carbons (Fsp3) is 0.333. The van der Waals surface area contributed by atoms with Gasteiger partial charge in [0.15, 0.2) is 5.96 Å². The summed E-state index contributed by atoms with van der Waals surface area (Å²) < 4.78 is 0. The minimum atomic E-state index is -0.0704. The standard InChI is InChI=1S/C9H15N5S/c1-6(4-7-2-3-15-5-7)13-9(12)14-8(10)11/h2-3,5-6H,4H2,1H3,(H6,10,11,12,13,14). The zero-order valence-electron chi connectivity index (χ0n) is 8.55. The summed E-state index contributed by atoms with van der Waals surface area (Å²) in [6, 6.07) is 2.13. The Balaban J connectivity index is 2.55. The highest BCUT2D eigenvalue weighted by molar-refractivity contribution is 7.07. The van der Waals surface area contributed by atoms with E-state index in [-0.39, 0.29) is 18.0 Å². The molecule has 0 aliphatic heterocycles. The summed E-state index contributed by atoms with van der Waals surface area (Å²) >= 11 is 1.66. The normalized spacial score (nSPS) is 13.5. The SMILES string of the molecule is CC(Cc1ccsc1)N=C(N)N=C(N)N. The maximum atomic E-state index is 5.51. The smallest absolute Gasteiger partial charge is 0.218 e.